The van der Waals surface area contributed by atoms with Crippen LogP contribution >= 0.6 is 24.0 Å². The van der Waals surface area contributed by atoms with Crippen LogP contribution in [-0.2, 0) is 11.3 Å². The number of aliphatic imine (C=N–C) groups is 1. The van der Waals surface area contributed by atoms with Gasteiger partial charge in [-0.3, -0.25) is 0 Å². The Labute approximate surface area is 183 Å². The first-order valence-electron chi connectivity index (χ1n) is 9.29. The molecule has 28 heavy (non-hydrogen) atoms. The first-order valence-corrected chi connectivity index (χ1v) is 9.29. The van der Waals surface area contributed by atoms with E-state index in [-0.39, 0.29) is 49.2 Å². The van der Waals surface area contributed by atoms with E-state index in [9.17, 15) is 5.11 Å². The molecule has 3 N–H and O–H groups in total. The molecule has 2 rings (SSSR count). The summed E-state index contributed by atoms with van der Waals surface area (Å²) < 4.78 is 10.7. The molecule has 0 aliphatic heterocycles. The summed E-state index contributed by atoms with van der Waals surface area (Å²) in [5.74, 6) is 1.56. The van der Waals surface area contributed by atoms with Crippen LogP contribution in [0.25, 0.3) is 0 Å². The van der Waals surface area contributed by atoms with Crippen LogP contribution in [0.4, 0.5) is 0 Å². The lowest BCUT2D eigenvalue weighted by Crippen LogP contribution is -2.39. The Bertz CT molecular complexity index is 696. The van der Waals surface area contributed by atoms with Crippen LogP contribution < -0.4 is 10.6 Å². The zero-order valence-corrected chi connectivity index (χ0v) is 18.9. The minimum atomic E-state index is -0.209. The van der Waals surface area contributed by atoms with Gasteiger partial charge in [0.2, 0.25) is 5.89 Å². The SMILES string of the molecule is CCNC(=NCc1nc(C(C)OCC)no1)NCC(CO)c1ccccc1.I. The normalized spacial score (nSPS) is 13.5. The van der Waals surface area contributed by atoms with Crippen molar-refractivity contribution < 1.29 is 14.4 Å². The highest BCUT2D eigenvalue weighted by Gasteiger charge is 2.14. The number of nitrogens with one attached hydrogen (secondary N) is 2. The van der Waals surface area contributed by atoms with Gasteiger partial charge in [0, 0.05) is 25.6 Å². The first kappa shape index (κ1) is 24.3. The van der Waals surface area contributed by atoms with Crippen LogP contribution in [0.5, 0.6) is 0 Å². The molecule has 0 spiro atoms. The summed E-state index contributed by atoms with van der Waals surface area (Å²) in [6.45, 7) is 7.98. The summed E-state index contributed by atoms with van der Waals surface area (Å²) in [6, 6.07) is 9.90. The number of guanidine groups is 1. The maximum Gasteiger partial charge on any atom is 0.248 e. The quantitative estimate of drug-likeness (QED) is 0.260. The molecule has 0 amide bonds. The van der Waals surface area contributed by atoms with Gasteiger partial charge in [-0.1, -0.05) is 35.5 Å². The summed E-state index contributed by atoms with van der Waals surface area (Å²) in [6.07, 6.45) is -0.209. The third kappa shape index (κ3) is 7.72. The Hall–Kier alpha value is -1.72. The van der Waals surface area contributed by atoms with Crippen LogP contribution in [0.2, 0.25) is 0 Å². The smallest absolute Gasteiger partial charge is 0.248 e. The topological polar surface area (TPSA) is 105 Å². The minimum Gasteiger partial charge on any atom is -0.396 e. The van der Waals surface area contributed by atoms with E-state index in [0.717, 1.165) is 12.1 Å². The Balaban J connectivity index is 0.00000392. The molecule has 1 heterocycles. The maximum absolute atomic E-state index is 9.68. The monoisotopic (exact) mass is 503 g/mol. The van der Waals surface area contributed by atoms with Crippen molar-refractivity contribution in [2.24, 2.45) is 4.99 Å². The van der Waals surface area contributed by atoms with Crippen molar-refractivity contribution >= 4 is 29.9 Å². The highest BCUT2D eigenvalue weighted by atomic mass is 127. The van der Waals surface area contributed by atoms with E-state index in [1.807, 2.05) is 51.1 Å². The fourth-order valence-electron chi connectivity index (χ4n) is 2.54. The standard InChI is InChI=1S/C19H29N5O3.HI/c1-4-20-19(21-11-16(13-25)15-9-7-6-8-10-15)22-12-17-23-18(24-27-17)14(3)26-5-2;/h6-10,14,16,25H,4-5,11-13H2,1-3H3,(H2,20,21,22);1H. The van der Waals surface area contributed by atoms with Crippen LogP contribution in [0.3, 0.4) is 0 Å². The van der Waals surface area contributed by atoms with E-state index in [2.05, 4.69) is 25.8 Å². The molecule has 0 aliphatic carbocycles. The number of ether oxygens (including phenoxy) is 1. The number of aliphatic hydroxyl groups is 1. The second kappa shape index (κ2) is 13.5. The zero-order chi connectivity index (χ0) is 19.5. The van der Waals surface area contributed by atoms with Crippen LogP contribution in [0.15, 0.2) is 39.8 Å². The molecule has 0 aliphatic rings. The first-order chi connectivity index (χ1) is 13.2. The molecule has 0 radical (unpaired) electrons. The maximum atomic E-state index is 9.68. The zero-order valence-electron chi connectivity index (χ0n) is 16.6. The second-order valence-corrected chi connectivity index (χ2v) is 6.01. The third-order valence-corrected chi connectivity index (χ3v) is 3.99. The number of hydrogen-bond acceptors (Lipinski definition) is 6. The molecule has 156 valence electrons. The van der Waals surface area contributed by atoms with Crippen molar-refractivity contribution in [3.8, 4) is 0 Å². The molecule has 2 aromatic rings. The lowest BCUT2D eigenvalue weighted by atomic mass is 10.0. The Morgan fingerprint density at radius 2 is 2.00 bits per heavy atom. The highest BCUT2D eigenvalue weighted by Crippen LogP contribution is 2.14. The van der Waals surface area contributed by atoms with Crippen molar-refractivity contribution in [3.05, 3.63) is 47.6 Å². The van der Waals surface area contributed by atoms with Gasteiger partial charge in [0.05, 0.1) is 6.61 Å². The number of aromatic nitrogens is 2. The molecule has 2 unspecified atom stereocenters. The molecule has 2 atom stereocenters. The molecule has 8 nitrogen and oxygen atoms in total. The summed E-state index contributed by atoms with van der Waals surface area (Å²) in [5, 5.41) is 20.0. The largest absolute Gasteiger partial charge is 0.396 e. The van der Waals surface area contributed by atoms with E-state index in [1.54, 1.807) is 0 Å². The number of rotatable bonds is 10. The van der Waals surface area contributed by atoms with Crippen LogP contribution in [-0.4, -0.2) is 47.5 Å². The van der Waals surface area contributed by atoms with Gasteiger partial charge in [-0.05, 0) is 26.3 Å². The lowest BCUT2D eigenvalue weighted by Gasteiger charge is -2.17. The lowest BCUT2D eigenvalue weighted by molar-refractivity contribution is 0.0683. The fraction of sp³-hybridized carbons (Fsp3) is 0.526. The van der Waals surface area contributed by atoms with Gasteiger partial charge in [-0.25, -0.2) is 4.99 Å². The average Bonchev–Trinajstić information content (AvgIpc) is 3.17. The van der Waals surface area contributed by atoms with E-state index >= 15 is 0 Å². The van der Waals surface area contributed by atoms with Crippen molar-refractivity contribution in [3.63, 3.8) is 0 Å². The van der Waals surface area contributed by atoms with E-state index < -0.39 is 0 Å². The fourth-order valence-corrected chi connectivity index (χ4v) is 2.54. The van der Waals surface area contributed by atoms with Gasteiger partial charge in [-0.2, -0.15) is 4.98 Å². The molecule has 1 aromatic heterocycles. The molecular weight excluding hydrogens is 473 g/mol. The molecule has 9 heteroatoms. The van der Waals surface area contributed by atoms with Gasteiger partial charge >= 0.3 is 0 Å². The molecule has 0 saturated carbocycles. The number of benzene rings is 1. The van der Waals surface area contributed by atoms with E-state index in [4.69, 9.17) is 9.26 Å². The minimum absolute atomic E-state index is 0. The third-order valence-electron chi connectivity index (χ3n) is 3.99. The molecule has 0 fully saturated rings. The van der Waals surface area contributed by atoms with Crippen LogP contribution in [0.1, 0.15) is 50.1 Å². The van der Waals surface area contributed by atoms with Crippen LogP contribution in [0, 0.1) is 0 Å². The predicted octanol–water partition coefficient (Wildman–Crippen LogP) is 2.62. The van der Waals surface area contributed by atoms with Gasteiger partial charge < -0.3 is 25.0 Å². The molecular formula is C19H30IN5O3. The van der Waals surface area contributed by atoms with Crippen molar-refractivity contribution in [1.82, 2.24) is 20.8 Å². The average molecular weight is 503 g/mol. The Kier molecular flexibility index (Phi) is 11.7. The molecule has 1 aromatic carbocycles. The number of halogens is 1. The van der Waals surface area contributed by atoms with Crippen molar-refractivity contribution in [1.29, 1.82) is 0 Å². The summed E-state index contributed by atoms with van der Waals surface area (Å²) in [4.78, 5) is 8.79. The molecule has 0 saturated heterocycles. The predicted molar refractivity (Wildman–Crippen MR) is 119 cm³/mol. The highest BCUT2D eigenvalue weighted by molar-refractivity contribution is 14.0. The van der Waals surface area contributed by atoms with Crippen molar-refractivity contribution in [2.75, 3.05) is 26.3 Å². The van der Waals surface area contributed by atoms with Crippen molar-refractivity contribution in [2.45, 2.75) is 39.3 Å². The summed E-state index contributed by atoms with van der Waals surface area (Å²) >= 11 is 0. The number of aliphatic hydroxyl groups excluding tert-OH is 1. The summed E-state index contributed by atoms with van der Waals surface area (Å²) in [7, 11) is 0. The van der Waals surface area contributed by atoms with Gasteiger partial charge in [0.25, 0.3) is 0 Å². The Morgan fingerprint density at radius 3 is 2.64 bits per heavy atom. The molecule has 0 bridgehead atoms. The van der Waals surface area contributed by atoms with Gasteiger partial charge in [0.1, 0.15) is 12.6 Å². The van der Waals surface area contributed by atoms with E-state index in [0.29, 0.717) is 30.8 Å². The van der Waals surface area contributed by atoms with Gasteiger partial charge in [-0.15, -0.1) is 24.0 Å². The van der Waals surface area contributed by atoms with E-state index in [1.165, 1.54) is 0 Å². The number of nitrogens with zero attached hydrogens (tertiary/aromatic N) is 3. The Morgan fingerprint density at radius 1 is 1.25 bits per heavy atom. The number of hydrogen-bond donors (Lipinski definition) is 3. The second-order valence-electron chi connectivity index (χ2n) is 6.01. The summed E-state index contributed by atoms with van der Waals surface area (Å²) in [5.41, 5.74) is 1.08. The van der Waals surface area contributed by atoms with Gasteiger partial charge in [0.15, 0.2) is 11.8 Å².